The first-order valence-corrected chi connectivity index (χ1v) is 10.4. The number of nitrogens with two attached hydrogens (primary N) is 1. The Hall–Kier alpha value is -3.49. The highest BCUT2D eigenvalue weighted by atomic mass is 19.4. The summed E-state index contributed by atoms with van der Waals surface area (Å²) in [6.07, 6.45) is 0.153. The summed E-state index contributed by atoms with van der Waals surface area (Å²) >= 11 is 0. The molecule has 1 unspecified atom stereocenters. The van der Waals surface area contributed by atoms with Gasteiger partial charge in [0.1, 0.15) is 0 Å². The average Bonchev–Trinajstić information content (AvgIpc) is 3.61. The molecule has 1 atom stereocenters. The molecule has 0 aromatic heterocycles. The van der Waals surface area contributed by atoms with Crippen molar-refractivity contribution >= 4 is 17.9 Å². The third kappa shape index (κ3) is 6.27. The van der Waals surface area contributed by atoms with Crippen molar-refractivity contribution in [2.75, 3.05) is 13.7 Å². The molecule has 3 rings (SSSR count). The van der Waals surface area contributed by atoms with E-state index in [0.717, 1.165) is 25.0 Å². The Bertz CT molecular complexity index is 1050. The van der Waals surface area contributed by atoms with Gasteiger partial charge < -0.3 is 20.1 Å². The van der Waals surface area contributed by atoms with E-state index in [2.05, 4.69) is 0 Å². The third-order valence-corrected chi connectivity index (χ3v) is 5.28. The van der Waals surface area contributed by atoms with Gasteiger partial charge in [-0.05, 0) is 61.2 Å². The fourth-order valence-corrected chi connectivity index (χ4v) is 3.48. The smallest absolute Gasteiger partial charge is 0.416 e. The number of amides is 2. The quantitative estimate of drug-likeness (QED) is 0.562. The molecule has 33 heavy (non-hydrogen) atoms. The lowest BCUT2D eigenvalue weighted by molar-refractivity contribution is -0.137. The molecule has 6 nitrogen and oxygen atoms in total. The molecule has 2 N–H and O–H groups in total. The highest BCUT2D eigenvalue weighted by Crippen LogP contribution is 2.37. The Morgan fingerprint density at radius 2 is 1.91 bits per heavy atom. The summed E-state index contributed by atoms with van der Waals surface area (Å²) in [7, 11) is 1.44. The molecule has 0 bridgehead atoms. The van der Waals surface area contributed by atoms with Gasteiger partial charge in [0.25, 0.3) is 5.91 Å². The second kappa shape index (κ2) is 9.97. The van der Waals surface area contributed by atoms with Gasteiger partial charge in [0.2, 0.25) is 5.91 Å². The normalized spacial score (nSPS) is 14.7. The van der Waals surface area contributed by atoms with Gasteiger partial charge in [-0.25, -0.2) is 0 Å². The maximum Gasteiger partial charge on any atom is 0.416 e. The molecule has 1 saturated carbocycles. The summed E-state index contributed by atoms with van der Waals surface area (Å²) in [5, 5.41) is 0. The summed E-state index contributed by atoms with van der Waals surface area (Å²) in [4.78, 5) is 25.5. The van der Waals surface area contributed by atoms with Crippen molar-refractivity contribution in [2.45, 2.75) is 38.0 Å². The molecule has 176 valence electrons. The highest BCUT2D eigenvalue weighted by molar-refractivity contribution is 5.92. The maximum absolute atomic E-state index is 13.1. The molecule has 9 heteroatoms. The van der Waals surface area contributed by atoms with Crippen molar-refractivity contribution in [1.29, 1.82) is 0 Å². The minimum Gasteiger partial charge on any atom is -0.493 e. The second-order valence-electron chi connectivity index (χ2n) is 7.77. The van der Waals surface area contributed by atoms with Crippen molar-refractivity contribution < 1.29 is 32.2 Å². The number of benzene rings is 2. The first-order chi connectivity index (χ1) is 15.6. The van der Waals surface area contributed by atoms with Gasteiger partial charge in [-0.2, -0.15) is 13.2 Å². The van der Waals surface area contributed by atoms with Crippen molar-refractivity contribution in [3.63, 3.8) is 0 Å². The standard InChI is InChI=1S/C24H25F3N2O4/c1-15(17-4-3-5-18(13-17)24(25,26)27)29(19-8-9-19)23(31)11-7-16-6-10-20(21(12-16)32-2)33-14-22(28)30/h3-7,10-13,15,19H,8-9,14H2,1-2H3,(H2,28,30)/b11-7+. The van der Waals surface area contributed by atoms with Crippen molar-refractivity contribution in [3.05, 3.63) is 65.2 Å². The van der Waals surface area contributed by atoms with E-state index in [1.165, 1.54) is 19.3 Å². The van der Waals surface area contributed by atoms with Gasteiger partial charge >= 0.3 is 6.18 Å². The predicted octanol–water partition coefficient (Wildman–Crippen LogP) is 4.34. The van der Waals surface area contributed by atoms with Gasteiger partial charge in [0.15, 0.2) is 18.1 Å². The van der Waals surface area contributed by atoms with Crippen LogP contribution in [0.2, 0.25) is 0 Å². The van der Waals surface area contributed by atoms with Crippen LogP contribution in [-0.2, 0) is 15.8 Å². The fourth-order valence-electron chi connectivity index (χ4n) is 3.48. The van der Waals surface area contributed by atoms with Crippen LogP contribution in [0.1, 0.15) is 42.5 Å². The lowest BCUT2D eigenvalue weighted by atomic mass is 10.0. The zero-order chi connectivity index (χ0) is 24.2. The van der Waals surface area contributed by atoms with E-state index < -0.39 is 23.7 Å². The van der Waals surface area contributed by atoms with Crippen LogP contribution in [0.15, 0.2) is 48.5 Å². The molecule has 1 aliphatic carbocycles. The van der Waals surface area contributed by atoms with E-state index in [0.29, 0.717) is 22.6 Å². The van der Waals surface area contributed by atoms with Gasteiger partial charge in [-0.15, -0.1) is 0 Å². The van der Waals surface area contributed by atoms with Crippen molar-refractivity contribution in [2.24, 2.45) is 5.73 Å². The minimum absolute atomic E-state index is 0.00851. The number of nitrogens with zero attached hydrogens (tertiary/aromatic N) is 1. The summed E-state index contributed by atoms with van der Waals surface area (Å²) in [6.45, 7) is 1.43. The van der Waals surface area contributed by atoms with Crippen molar-refractivity contribution in [3.8, 4) is 11.5 Å². The molecular weight excluding hydrogens is 437 g/mol. The maximum atomic E-state index is 13.1. The molecule has 0 heterocycles. The average molecular weight is 462 g/mol. The zero-order valence-electron chi connectivity index (χ0n) is 18.3. The Morgan fingerprint density at radius 3 is 2.52 bits per heavy atom. The van der Waals surface area contributed by atoms with E-state index in [-0.39, 0.29) is 18.6 Å². The minimum atomic E-state index is -4.45. The van der Waals surface area contributed by atoms with E-state index in [4.69, 9.17) is 15.2 Å². The lowest BCUT2D eigenvalue weighted by Gasteiger charge is -2.29. The molecule has 0 saturated heterocycles. The molecule has 2 aromatic carbocycles. The number of ether oxygens (including phenoxy) is 2. The first-order valence-electron chi connectivity index (χ1n) is 10.4. The van der Waals surface area contributed by atoms with Crippen molar-refractivity contribution in [1.82, 2.24) is 4.90 Å². The van der Waals surface area contributed by atoms with Crippen LogP contribution >= 0.6 is 0 Å². The van der Waals surface area contributed by atoms with E-state index in [1.54, 1.807) is 42.2 Å². The molecule has 0 spiro atoms. The summed E-state index contributed by atoms with van der Waals surface area (Å²) in [6, 6.07) is 9.45. The summed E-state index contributed by atoms with van der Waals surface area (Å²) < 4.78 is 49.9. The largest absolute Gasteiger partial charge is 0.493 e. The van der Waals surface area contributed by atoms with E-state index in [9.17, 15) is 22.8 Å². The predicted molar refractivity (Wildman–Crippen MR) is 116 cm³/mol. The van der Waals surface area contributed by atoms with Gasteiger partial charge in [-0.1, -0.05) is 18.2 Å². The SMILES string of the molecule is COc1cc(/C=C/C(=O)N(C2CC2)C(C)c2cccc(C(F)(F)F)c2)ccc1OCC(N)=O. The van der Waals surface area contributed by atoms with Crippen LogP contribution in [0.4, 0.5) is 13.2 Å². The Balaban J connectivity index is 1.78. The van der Waals surface area contributed by atoms with Gasteiger partial charge in [0, 0.05) is 12.1 Å². The number of hydrogen-bond donors (Lipinski definition) is 1. The van der Waals surface area contributed by atoms with Crippen LogP contribution in [-0.4, -0.2) is 36.5 Å². The van der Waals surface area contributed by atoms with Crippen LogP contribution in [0.25, 0.3) is 6.08 Å². The van der Waals surface area contributed by atoms with Crippen LogP contribution in [0.3, 0.4) is 0 Å². The molecule has 1 aliphatic rings. The Kier molecular flexibility index (Phi) is 7.30. The molecule has 1 fully saturated rings. The number of carbonyl (C=O) groups is 2. The van der Waals surface area contributed by atoms with Gasteiger partial charge in [0.05, 0.1) is 18.7 Å². The monoisotopic (exact) mass is 462 g/mol. The number of rotatable bonds is 9. The Labute approximate surface area is 189 Å². The zero-order valence-corrected chi connectivity index (χ0v) is 18.3. The molecule has 0 aliphatic heterocycles. The molecule has 0 radical (unpaired) electrons. The fraction of sp³-hybridized carbons (Fsp3) is 0.333. The lowest BCUT2D eigenvalue weighted by Crippen LogP contribution is -2.34. The highest BCUT2D eigenvalue weighted by Gasteiger charge is 2.36. The Morgan fingerprint density at radius 1 is 1.18 bits per heavy atom. The van der Waals surface area contributed by atoms with Gasteiger partial charge in [-0.3, -0.25) is 9.59 Å². The molecule has 2 amide bonds. The number of primary amides is 1. The number of methoxy groups -OCH3 is 1. The van der Waals surface area contributed by atoms with E-state index >= 15 is 0 Å². The number of hydrogen-bond acceptors (Lipinski definition) is 4. The third-order valence-electron chi connectivity index (χ3n) is 5.28. The number of carbonyl (C=O) groups excluding carboxylic acids is 2. The van der Waals surface area contributed by atoms with Crippen LogP contribution in [0.5, 0.6) is 11.5 Å². The van der Waals surface area contributed by atoms with E-state index in [1.807, 2.05) is 0 Å². The molecule has 2 aromatic rings. The second-order valence-corrected chi connectivity index (χ2v) is 7.77. The topological polar surface area (TPSA) is 81.9 Å². The number of alkyl halides is 3. The number of halogens is 3. The summed E-state index contributed by atoms with van der Waals surface area (Å²) in [5.74, 6) is -0.225. The summed E-state index contributed by atoms with van der Waals surface area (Å²) in [5.41, 5.74) is 5.42. The van der Waals surface area contributed by atoms with Crippen LogP contribution < -0.4 is 15.2 Å². The first kappa shape index (κ1) is 24.2. The van der Waals surface area contributed by atoms with Crippen LogP contribution in [0, 0.1) is 0 Å². The molecular formula is C24H25F3N2O4.